The number of carbonyl (C=O) groups excluding carboxylic acids is 2. The van der Waals surface area contributed by atoms with Gasteiger partial charge in [-0.15, -0.1) is 13.2 Å². The van der Waals surface area contributed by atoms with Gasteiger partial charge in [0.2, 0.25) is 5.91 Å². The molecule has 2 amide bonds. The van der Waals surface area contributed by atoms with Crippen LogP contribution < -0.4 is 20.6 Å². The fourth-order valence-corrected chi connectivity index (χ4v) is 4.33. The lowest BCUT2D eigenvalue weighted by Gasteiger charge is -2.20. The Morgan fingerprint density at radius 1 is 1.05 bits per heavy atom. The van der Waals surface area contributed by atoms with Crippen molar-refractivity contribution in [2.24, 2.45) is 0 Å². The fourth-order valence-electron chi connectivity index (χ4n) is 3.47. The van der Waals surface area contributed by atoms with E-state index in [2.05, 4.69) is 10.1 Å². The maximum absolute atomic E-state index is 12.7. The Labute approximate surface area is 211 Å². The van der Waals surface area contributed by atoms with E-state index in [-0.39, 0.29) is 35.9 Å². The van der Waals surface area contributed by atoms with Crippen molar-refractivity contribution in [1.29, 1.82) is 0 Å². The van der Waals surface area contributed by atoms with Crippen LogP contribution in [0.3, 0.4) is 0 Å². The molecule has 4 rings (SSSR count). The number of imide groups is 1. The monoisotopic (exact) mass is 539 g/mol. The topological polar surface area (TPSA) is 117 Å². The van der Waals surface area contributed by atoms with E-state index >= 15 is 0 Å². The predicted molar refractivity (Wildman–Crippen MR) is 123 cm³/mol. The van der Waals surface area contributed by atoms with E-state index in [0.29, 0.717) is 17.7 Å². The van der Waals surface area contributed by atoms with E-state index in [1.54, 1.807) is 30.3 Å². The molecule has 196 valence electrons. The van der Waals surface area contributed by atoms with Crippen molar-refractivity contribution in [3.8, 4) is 11.5 Å². The summed E-state index contributed by atoms with van der Waals surface area (Å²) >= 11 is 0.933. The molecule has 0 radical (unpaired) electrons. The molecule has 1 saturated heterocycles. The van der Waals surface area contributed by atoms with Crippen molar-refractivity contribution in [3.05, 3.63) is 81.8 Å². The lowest BCUT2D eigenvalue weighted by molar-refractivity contribution is -0.274. The van der Waals surface area contributed by atoms with Gasteiger partial charge in [0.1, 0.15) is 36.6 Å². The lowest BCUT2D eigenvalue weighted by atomic mass is 10.1. The molecule has 1 aliphatic rings. The second kappa shape index (κ2) is 11.1. The van der Waals surface area contributed by atoms with E-state index in [1.165, 1.54) is 19.1 Å². The van der Waals surface area contributed by atoms with Crippen molar-refractivity contribution in [3.63, 3.8) is 0 Å². The van der Waals surface area contributed by atoms with Crippen LogP contribution in [0.5, 0.6) is 11.5 Å². The number of halogens is 3. The minimum Gasteiger partial charge on any atom is -0.491 e. The molecule has 1 N–H and O–H groups in total. The molecule has 2 unspecified atom stereocenters. The summed E-state index contributed by atoms with van der Waals surface area (Å²) in [4.78, 5) is 34.4. The van der Waals surface area contributed by atoms with Gasteiger partial charge in [0, 0.05) is 0 Å². The number of nitrogens with one attached hydrogen (secondary N) is 1. The average Bonchev–Trinajstić information content (AvgIpc) is 3.32. The Hall–Kier alpha value is -3.71. The highest BCUT2D eigenvalue weighted by Gasteiger charge is 2.32. The molecule has 2 atom stereocenters. The average molecular weight is 539 g/mol. The standard InChI is InChI=1S/C24H20F3NO8S/c1-13-18(35-23(31)34-13)11-33-19(15-3-2-4-17(10-15)36-24(25,26)27)12-32-16-7-5-14(6-8-16)9-20-21(29)28-22(30)37-20/h2-8,10,19-20H,9,11-12H2,1H3,(H,28,29,30). The summed E-state index contributed by atoms with van der Waals surface area (Å²) in [5, 5.41) is 1.35. The number of alkyl halides is 3. The van der Waals surface area contributed by atoms with Gasteiger partial charge >= 0.3 is 12.2 Å². The van der Waals surface area contributed by atoms with Gasteiger partial charge in [-0.3, -0.25) is 14.9 Å². The number of hydrogen-bond acceptors (Lipinski definition) is 9. The van der Waals surface area contributed by atoms with Gasteiger partial charge in [-0.2, -0.15) is 0 Å². The first-order chi connectivity index (χ1) is 17.6. The third-order valence-corrected chi connectivity index (χ3v) is 6.21. The summed E-state index contributed by atoms with van der Waals surface area (Å²) in [5.41, 5.74) is 1.14. The van der Waals surface area contributed by atoms with E-state index < -0.39 is 29.3 Å². The first-order valence-corrected chi connectivity index (χ1v) is 11.7. The first-order valence-electron chi connectivity index (χ1n) is 10.9. The highest BCUT2D eigenvalue weighted by molar-refractivity contribution is 8.15. The highest BCUT2D eigenvalue weighted by atomic mass is 32.2. The molecule has 0 bridgehead atoms. The predicted octanol–water partition coefficient (Wildman–Crippen LogP) is 4.67. The maximum atomic E-state index is 12.7. The first kappa shape index (κ1) is 26.4. The van der Waals surface area contributed by atoms with Gasteiger partial charge in [0.25, 0.3) is 5.24 Å². The van der Waals surface area contributed by atoms with Crippen LogP contribution in [0.15, 0.2) is 62.2 Å². The normalized spacial score (nSPS) is 16.5. The summed E-state index contributed by atoms with van der Waals surface area (Å²) < 4.78 is 63.4. The molecule has 2 heterocycles. The Morgan fingerprint density at radius 2 is 1.81 bits per heavy atom. The Kier molecular flexibility index (Phi) is 7.93. The molecule has 1 fully saturated rings. The lowest BCUT2D eigenvalue weighted by Crippen LogP contribution is -2.25. The molecule has 0 aliphatic carbocycles. The zero-order chi connectivity index (χ0) is 26.6. The largest absolute Gasteiger partial charge is 0.573 e. The summed E-state index contributed by atoms with van der Waals surface area (Å²) in [6.45, 7) is 1.21. The van der Waals surface area contributed by atoms with Crippen molar-refractivity contribution >= 4 is 22.9 Å². The van der Waals surface area contributed by atoms with Crippen molar-refractivity contribution in [2.45, 2.75) is 37.7 Å². The number of hydrogen-bond donors (Lipinski definition) is 1. The molecule has 1 aliphatic heterocycles. The molecule has 13 heteroatoms. The molecule has 37 heavy (non-hydrogen) atoms. The molecule has 0 saturated carbocycles. The SMILES string of the molecule is Cc1oc(=O)oc1COC(COc1ccc(CC2SC(=O)NC2=O)cc1)c1cccc(OC(F)(F)F)c1. The summed E-state index contributed by atoms with van der Waals surface area (Å²) in [6, 6.07) is 12.1. The number of carbonyl (C=O) groups is 2. The zero-order valence-electron chi connectivity index (χ0n) is 19.2. The second-order valence-corrected chi connectivity index (χ2v) is 9.07. The molecular formula is C24H20F3NO8S. The van der Waals surface area contributed by atoms with E-state index in [0.717, 1.165) is 23.4 Å². The van der Waals surface area contributed by atoms with Gasteiger partial charge in [-0.25, -0.2) is 4.79 Å². The molecule has 2 aromatic carbocycles. The highest BCUT2D eigenvalue weighted by Crippen LogP contribution is 2.29. The summed E-state index contributed by atoms with van der Waals surface area (Å²) in [6.07, 6.45) is -5.38. The van der Waals surface area contributed by atoms with Gasteiger partial charge in [-0.05, 0) is 48.7 Å². The molecule has 3 aromatic rings. The van der Waals surface area contributed by atoms with Crippen LogP contribution in [0, 0.1) is 6.92 Å². The maximum Gasteiger partial charge on any atom is 0.573 e. The van der Waals surface area contributed by atoms with Crippen molar-refractivity contribution < 1.29 is 45.8 Å². The Morgan fingerprint density at radius 3 is 2.43 bits per heavy atom. The van der Waals surface area contributed by atoms with Gasteiger partial charge in [0.15, 0.2) is 5.76 Å². The quantitative estimate of drug-likeness (QED) is 0.392. The fraction of sp³-hybridized carbons (Fsp3) is 0.292. The second-order valence-electron chi connectivity index (χ2n) is 7.90. The van der Waals surface area contributed by atoms with Gasteiger partial charge in [0.05, 0.1) is 5.25 Å². The van der Waals surface area contributed by atoms with Gasteiger partial charge < -0.3 is 23.0 Å². The van der Waals surface area contributed by atoms with Crippen molar-refractivity contribution in [1.82, 2.24) is 5.32 Å². The Bertz CT molecular complexity index is 1320. The number of benzene rings is 2. The molecular weight excluding hydrogens is 519 g/mol. The smallest absolute Gasteiger partial charge is 0.491 e. The Balaban J connectivity index is 1.45. The number of amides is 2. The minimum atomic E-state index is -4.87. The van der Waals surface area contributed by atoms with Crippen molar-refractivity contribution in [2.75, 3.05) is 6.61 Å². The van der Waals surface area contributed by atoms with Crippen LogP contribution in [0.4, 0.5) is 18.0 Å². The van der Waals surface area contributed by atoms with E-state index in [4.69, 9.17) is 18.3 Å². The summed E-state index contributed by atoms with van der Waals surface area (Å²) in [5.74, 6) is -0.885. The van der Waals surface area contributed by atoms with Crippen LogP contribution in [-0.4, -0.2) is 29.4 Å². The molecule has 9 nitrogen and oxygen atoms in total. The van der Waals surface area contributed by atoms with Crippen LogP contribution in [0.1, 0.15) is 28.8 Å². The van der Waals surface area contributed by atoms with Crippen LogP contribution >= 0.6 is 11.8 Å². The molecule has 0 spiro atoms. The third kappa shape index (κ3) is 7.40. The zero-order valence-corrected chi connectivity index (χ0v) is 20.0. The van der Waals surface area contributed by atoms with Crippen LogP contribution in [-0.2, 0) is 22.6 Å². The minimum absolute atomic E-state index is 0.106. The summed E-state index contributed by atoms with van der Waals surface area (Å²) in [7, 11) is 0. The van der Waals surface area contributed by atoms with E-state index in [9.17, 15) is 27.6 Å². The van der Waals surface area contributed by atoms with Gasteiger partial charge in [-0.1, -0.05) is 36.0 Å². The molecule has 1 aromatic heterocycles. The number of rotatable bonds is 10. The van der Waals surface area contributed by atoms with E-state index in [1.807, 2.05) is 0 Å². The van der Waals surface area contributed by atoms with Crippen LogP contribution in [0.25, 0.3) is 0 Å². The number of thioether (sulfide) groups is 1. The number of aryl methyl sites for hydroxylation is 1. The van der Waals surface area contributed by atoms with Crippen LogP contribution in [0.2, 0.25) is 0 Å². The third-order valence-electron chi connectivity index (χ3n) is 5.23. The number of ether oxygens (including phenoxy) is 3.